The Kier molecular flexibility index (Phi) is 5.11. The van der Waals surface area contributed by atoms with E-state index in [2.05, 4.69) is 15.0 Å². The summed E-state index contributed by atoms with van der Waals surface area (Å²) in [4.78, 5) is 16.8. The van der Waals surface area contributed by atoms with Gasteiger partial charge in [0, 0.05) is 10.6 Å². The van der Waals surface area contributed by atoms with Gasteiger partial charge in [0.25, 0.3) is 5.56 Å². The molecule has 8 nitrogen and oxygen atoms in total. The fraction of sp³-hybridized carbons (Fsp3) is 0.222. The van der Waals surface area contributed by atoms with Crippen LogP contribution in [0.25, 0.3) is 11.3 Å². The fourth-order valence-electron chi connectivity index (χ4n) is 2.83. The van der Waals surface area contributed by atoms with E-state index in [0.717, 1.165) is 0 Å². The largest absolute Gasteiger partial charge is 0.451 e. The van der Waals surface area contributed by atoms with Gasteiger partial charge in [-0.3, -0.25) is 14.1 Å². The smallest absolute Gasteiger partial charge is 0.261 e. The number of benzene rings is 1. The van der Waals surface area contributed by atoms with E-state index in [-0.39, 0.29) is 28.5 Å². The summed E-state index contributed by atoms with van der Waals surface area (Å²) < 4.78 is 48.8. The fourth-order valence-corrected chi connectivity index (χ4v) is 4.67. The Labute approximate surface area is 179 Å². The van der Waals surface area contributed by atoms with E-state index in [4.69, 9.17) is 4.42 Å². The number of sulfonamides is 1. The highest BCUT2D eigenvalue weighted by atomic mass is 127. The van der Waals surface area contributed by atoms with Crippen molar-refractivity contribution in [3.05, 3.63) is 56.7 Å². The Morgan fingerprint density at radius 3 is 2.66 bits per heavy atom. The molecule has 0 bridgehead atoms. The van der Waals surface area contributed by atoms with Gasteiger partial charge in [0.2, 0.25) is 10.0 Å². The zero-order valence-corrected chi connectivity index (χ0v) is 18.1. The van der Waals surface area contributed by atoms with Gasteiger partial charge in [-0.25, -0.2) is 17.8 Å². The first-order valence-electron chi connectivity index (χ1n) is 8.62. The minimum Gasteiger partial charge on any atom is -0.451 e. The second-order valence-corrected chi connectivity index (χ2v) is 9.86. The van der Waals surface area contributed by atoms with Gasteiger partial charge in [0.1, 0.15) is 23.6 Å². The first-order valence-corrected chi connectivity index (χ1v) is 11.2. The Balaban J connectivity index is 1.85. The zero-order valence-electron chi connectivity index (χ0n) is 15.1. The summed E-state index contributed by atoms with van der Waals surface area (Å²) in [5.41, 5.74) is 0.214. The van der Waals surface area contributed by atoms with Gasteiger partial charge in [-0.2, -0.15) is 0 Å². The number of nitrogens with one attached hydrogen (secondary N) is 2. The average Bonchev–Trinajstić information content (AvgIpc) is 3.40. The molecule has 0 unspecified atom stereocenters. The van der Waals surface area contributed by atoms with Crippen LogP contribution in [0.5, 0.6) is 0 Å². The van der Waals surface area contributed by atoms with Crippen LogP contribution in [0.3, 0.4) is 0 Å². The monoisotopic (exact) mass is 530 g/mol. The molecular formula is C18H16FIN4O4S. The van der Waals surface area contributed by atoms with Crippen LogP contribution in [0.4, 0.5) is 21.6 Å². The minimum absolute atomic E-state index is 0.112. The van der Waals surface area contributed by atoms with Gasteiger partial charge >= 0.3 is 0 Å². The van der Waals surface area contributed by atoms with Crippen LogP contribution in [-0.4, -0.2) is 23.2 Å². The molecule has 1 saturated carbocycles. The van der Waals surface area contributed by atoms with E-state index in [0.29, 0.717) is 16.4 Å². The molecule has 29 heavy (non-hydrogen) atoms. The molecule has 2 N–H and O–H groups in total. The van der Waals surface area contributed by atoms with Gasteiger partial charge in [0.15, 0.2) is 6.39 Å². The lowest BCUT2D eigenvalue weighted by Gasteiger charge is -2.19. The van der Waals surface area contributed by atoms with E-state index in [1.807, 2.05) is 22.6 Å². The van der Waals surface area contributed by atoms with Crippen molar-refractivity contribution in [1.82, 2.24) is 9.55 Å². The number of rotatable bonds is 6. The number of nitrogens with zero attached hydrogens (tertiary/aromatic N) is 2. The van der Waals surface area contributed by atoms with Crippen molar-refractivity contribution in [3.63, 3.8) is 0 Å². The molecule has 11 heteroatoms. The number of hydrogen-bond donors (Lipinski definition) is 2. The molecule has 4 rings (SSSR count). The van der Waals surface area contributed by atoms with Crippen molar-refractivity contribution in [1.29, 1.82) is 0 Å². The van der Waals surface area contributed by atoms with Crippen LogP contribution in [-0.2, 0) is 17.1 Å². The molecule has 1 aliphatic carbocycles. The molecule has 0 atom stereocenters. The Morgan fingerprint density at radius 2 is 2.03 bits per heavy atom. The standard InChI is InChI=1S/C18H16FIN4O4S/c1-24-17(22-14-5-2-10(20)6-13(14)19)15(23-29(26,27)11-3-4-11)7-12(18(24)25)16-8-28-9-21-16/h2,5-9,11,22-23H,3-4H2,1H3. The molecule has 1 fully saturated rings. The van der Waals surface area contributed by atoms with E-state index in [9.17, 15) is 17.6 Å². The molecule has 0 radical (unpaired) electrons. The van der Waals surface area contributed by atoms with Crippen molar-refractivity contribution in [2.75, 3.05) is 10.0 Å². The van der Waals surface area contributed by atoms with Crippen molar-refractivity contribution in [3.8, 4) is 11.3 Å². The summed E-state index contributed by atoms with van der Waals surface area (Å²) in [7, 11) is -2.17. The van der Waals surface area contributed by atoms with Crippen molar-refractivity contribution in [2.45, 2.75) is 18.1 Å². The summed E-state index contributed by atoms with van der Waals surface area (Å²) in [6.45, 7) is 0. The predicted molar refractivity (Wildman–Crippen MR) is 115 cm³/mol. The van der Waals surface area contributed by atoms with Gasteiger partial charge in [-0.15, -0.1) is 0 Å². The lowest BCUT2D eigenvalue weighted by molar-refractivity contribution is 0.558. The second-order valence-electron chi connectivity index (χ2n) is 6.65. The highest BCUT2D eigenvalue weighted by molar-refractivity contribution is 14.1. The molecule has 1 aliphatic rings. The maximum Gasteiger partial charge on any atom is 0.261 e. The Bertz CT molecular complexity index is 1240. The highest BCUT2D eigenvalue weighted by Crippen LogP contribution is 2.34. The summed E-state index contributed by atoms with van der Waals surface area (Å²) in [5.74, 6) is -0.410. The summed E-state index contributed by atoms with van der Waals surface area (Å²) in [5, 5.41) is 2.37. The lowest BCUT2D eigenvalue weighted by Crippen LogP contribution is -2.25. The zero-order chi connectivity index (χ0) is 20.8. The van der Waals surface area contributed by atoms with Crippen molar-refractivity contribution < 1.29 is 17.2 Å². The third kappa shape index (κ3) is 4.01. The number of hydrogen-bond acceptors (Lipinski definition) is 6. The molecule has 0 saturated heterocycles. The molecular weight excluding hydrogens is 514 g/mol. The number of aromatic nitrogens is 2. The van der Waals surface area contributed by atoms with Crippen LogP contribution >= 0.6 is 22.6 Å². The molecule has 0 spiro atoms. The number of anilines is 3. The first kappa shape index (κ1) is 19.9. The first-order chi connectivity index (χ1) is 13.8. The Morgan fingerprint density at radius 1 is 1.28 bits per heavy atom. The van der Waals surface area contributed by atoms with Gasteiger partial charge < -0.3 is 9.73 Å². The lowest BCUT2D eigenvalue weighted by atomic mass is 10.2. The molecule has 2 heterocycles. The van der Waals surface area contributed by atoms with E-state index in [1.54, 1.807) is 6.07 Å². The van der Waals surface area contributed by atoms with Crippen LogP contribution in [0.15, 0.2) is 46.1 Å². The SMILES string of the molecule is Cn1c(Nc2ccc(I)cc2F)c(NS(=O)(=O)C2CC2)cc(-c2cocn2)c1=O. The van der Waals surface area contributed by atoms with E-state index in [1.165, 1.54) is 42.5 Å². The van der Waals surface area contributed by atoms with E-state index >= 15 is 0 Å². The summed E-state index contributed by atoms with van der Waals surface area (Å²) in [6.07, 6.45) is 3.62. The predicted octanol–water partition coefficient (Wildman–Crippen LogP) is 3.43. The average molecular weight is 530 g/mol. The van der Waals surface area contributed by atoms with Crippen LogP contribution < -0.4 is 15.6 Å². The summed E-state index contributed by atoms with van der Waals surface area (Å²) in [6, 6.07) is 5.93. The maximum absolute atomic E-state index is 14.4. The van der Waals surface area contributed by atoms with E-state index < -0.39 is 26.6 Å². The topological polar surface area (TPSA) is 106 Å². The highest BCUT2D eigenvalue weighted by Gasteiger charge is 2.36. The molecule has 0 aliphatic heterocycles. The van der Waals surface area contributed by atoms with Gasteiger partial charge in [0.05, 0.1) is 22.2 Å². The number of oxazole rings is 1. The molecule has 3 aromatic rings. The number of pyridine rings is 1. The quantitative estimate of drug-likeness (QED) is 0.474. The minimum atomic E-state index is -3.63. The molecule has 152 valence electrons. The van der Waals surface area contributed by atoms with Crippen LogP contribution in [0.1, 0.15) is 12.8 Å². The van der Waals surface area contributed by atoms with Crippen molar-refractivity contribution in [2.24, 2.45) is 7.05 Å². The third-order valence-corrected chi connectivity index (χ3v) is 7.05. The van der Waals surface area contributed by atoms with Crippen molar-refractivity contribution >= 4 is 49.8 Å². The van der Waals surface area contributed by atoms with Gasteiger partial charge in [-0.1, -0.05) is 0 Å². The number of halogens is 2. The van der Waals surface area contributed by atoms with Gasteiger partial charge in [-0.05, 0) is 59.7 Å². The normalized spacial score (nSPS) is 14.0. The van der Waals surface area contributed by atoms with Crippen LogP contribution in [0, 0.1) is 9.39 Å². The molecule has 2 aromatic heterocycles. The third-order valence-electron chi connectivity index (χ3n) is 4.52. The molecule has 0 amide bonds. The molecule has 1 aromatic carbocycles. The second kappa shape index (κ2) is 7.44. The van der Waals surface area contributed by atoms with Crippen LogP contribution in [0.2, 0.25) is 0 Å². The Hall–Kier alpha value is -2.41. The summed E-state index contributed by atoms with van der Waals surface area (Å²) >= 11 is 1.98. The maximum atomic E-state index is 14.4.